The Bertz CT molecular complexity index is 827. The lowest BCUT2D eigenvalue weighted by Crippen LogP contribution is -2.52. The topological polar surface area (TPSA) is 73.9 Å². The van der Waals surface area contributed by atoms with E-state index >= 15 is 0 Å². The number of benzene rings is 1. The summed E-state index contributed by atoms with van der Waals surface area (Å²) in [6, 6.07) is 6.37. The highest BCUT2D eigenvalue weighted by Crippen LogP contribution is 2.34. The Morgan fingerprint density at radius 1 is 1.03 bits per heavy atom. The maximum Gasteiger partial charge on any atom is 0.122 e. The molecule has 0 bridgehead atoms. The number of aliphatic hydroxyl groups excluding tert-OH is 1. The molecule has 0 radical (unpaired) electrons. The van der Waals surface area contributed by atoms with Crippen LogP contribution in [0.15, 0.2) is 24.4 Å². The molecule has 4 rings (SSSR count). The Hall–Kier alpha value is -2.09. The van der Waals surface area contributed by atoms with Crippen molar-refractivity contribution < 1.29 is 14.6 Å². The van der Waals surface area contributed by atoms with Crippen LogP contribution >= 0.6 is 0 Å². The molecule has 2 fully saturated rings. The van der Waals surface area contributed by atoms with Gasteiger partial charge in [0.1, 0.15) is 11.5 Å². The van der Waals surface area contributed by atoms with E-state index in [1.807, 2.05) is 12.3 Å². The number of aromatic nitrogens is 2. The number of rotatable bonds is 9. The van der Waals surface area contributed by atoms with Crippen LogP contribution in [0.1, 0.15) is 61.3 Å². The van der Waals surface area contributed by atoms with Crippen LogP contribution < -0.4 is 9.47 Å². The number of hydrogen-bond donors (Lipinski definition) is 2. The lowest BCUT2D eigenvalue weighted by Gasteiger charge is -2.41. The van der Waals surface area contributed by atoms with Gasteiger partial charge >= 0.3 is 0 Å². The van der Waals surface area contributed by atoms with E-state index < -0.39 is 0 Å². The molecule has 1 unspecified atom stereocenters. The van der Waals surface area contributed by atoms with Crippen molar-refractivity contribution in [1.82, 2.24) is 20.0 Å². The van der Waals surface area contributed by atoms with Crippen LogP contribution in [-0.2, 0) is 13.1 Å². The number of piperazine rings is 1. The van der Waals surface area contributed by atoms with E-state index in [-0.39, 0.29) is 6.61 Å². The van der Waals surface area contributed by atoms with Gasteiger partial charge in [-0.15, -0.1) is 0 Å². The molecule has 7 heteroatoms. The molecule has 176 valence electrons. The highest BCUT2D eigenvalue weighted by atomic mass is 16.5. The van der Waals surface area contributed by atoms with Gasteiger partial charge in [0.25, 0.3) is 0 Å². The molecule has 1 aromatic heterocycles. The third-order valence-electron chi connectivity index (χ3n) is 7.11. The Morgan fingerprint density at radius 2 is 1.78 bits per heavy atom. The summed E-state index contributed by atoms with van der Waals surface area (Å²) >= 11 is 0. The second-order valence-corrected chi connectivity index (χ2v) is 9.24. The van der Waals surface area contributed by atoms with Gasteiger partial charge in [0.15, 0.2) is 0 Å². The minimum atomic E-state index is 0.204. The standard InChI is InChI=1S/C25H38N4O3/c1-31-23-12-19(13-24(14-23)32-2)16-29-10-9-28(18-22(29)8-11-30)17-21-15-26-27-25(21)20-6-4-3-5-7-20/h12-15,20,22,30H,3-11,16-18H2,1-2H3,(H,26,27). The van der Waals surface area contributed by atoms with Crippen molar-refractivity contribution in [2.75, 3.05) is 40.5 Å². The monoisotopic (exact) mass is 442 g/mol. The Balaban J connectivity index is 1.41. The maximum absolute atomic E-state index is 9.72. The van der Waals surface area contributed by atoms with Gasteiger partial charge in [-0.3, -0.25) is 14.9 Å². The number of nitrogens with one attached hydrogen (secondary N) is 1. The Kier molecular flexibility index (Phi) is 8.05. The third-order valence-corrected chi connectivity index (χ3v) is 7.11. The molecular formula is C25H38N4O3. The van der Waals surface area contributed by atoms with E-state index in [0.717, 1.165) is 50.6 Å². The number of aromatic amines is 1. The van der Waals surface area contributed by atoms with E-state index in [1.54, 1.807) is 14.2 Å². The Labute approximate surface area is 191 Å². The first-order chi connectivity index (χ1) is 15.7. The number of nitrogens with zero attached hydrogens (tertiary/aromatic N) is 3. The molecule has 2 aromatic rings. The second kappa shape index (κ2) is 11.2. The van der Waals surface area contributed by atoms with E-state index in [1.165, 1.54) is 48.9 Å². The van der Waals surface area contributed by atoms with Gasteiger partial charge in [0.05, 0.1) is 20.4 Å². The van der Waals surface area contributed by atoms with Crippen LogP contribution in [0.3, 0.4) is 0 Å². The minimum absolute atomic E-state index is 0.204. The van der Waals surface area contributed by atoms with Gasteiger partial charge in [-0.05, 0) is 37.0 Å². The summed E-state index contributed by atoms with van der Waals surface area (Å²) in [6.45, 7) is 4.90. The lowest BCUT2D eigenvalue weighted by molar-refractivity contribution is 0.0497. The number of H-pyrrole nitrogens is 1. The van der Waals surface area contributed by atoms with Gasteiger partial charge in [-0.2, -0.15) is 5.10 Å². The Morgan fingerprint density at radius 3 is 2.47 bits per heavy atom. The maximum atomic E-state index is 9.72. The second-order valence-electron chi connectivity index (χ2n) is 9.24. The van der Waals surface area contributed by atoms with Crippen LogP contribution in [0.4, 0.5) is 0 Å². The zero-order valence-electron chi connectivity index (χ0n) is 19.6. The van der Waals surface area contributed by atoms with Crippen molar-refractivity contribution in [2.24, 2.45) is 0 Å². The smallest absolute Gasteiger partial charge is 0.122 e. The summed E-state index contributed by atoms with van der Waals surface area (Å²) in [5.74, 6) is 2.26. The molecule has 1 aromatic carbocycles. The molecular weight excluding hydrogens is 404 g/mol. The predicted molar refractivity (Wildman–Crippen MR) is 125 cm³/mol. The normalized spacial score (nSPS) is 21.0. The number of methoxy groups -OCH3 is 2. The van der Waals surface area contributed by atoms with Crippen LogP contribution in [0.2, 0.25) is 0 Å². The minimum Gasteiger partial charge on any atom is -0.497 e. The highest BCUT2D eigenvalue weighted by Gasteiger charge is 2.28. The van der Waals surface area contributed by atoms with Crippen molar-refractivity contribution in [3.8, 4) is 11.5 Å². The SMILES string of the molecule is COc1cc(CN2CCN(Cc3cn[nH]c3C3CCCCC3)CC2CCO)cc(OC)c1. The van der Waals surface area contributed by atoms with Gasteiger partial charge in [0, 0.05) is 68.6 Å². The lowest BCUT2D eigenvalue weighted by atomic mass is 9.85. The van der Waals surface area contributed by atoms with Crippen LogP contribution in [0.25, 0.3) is 0 Å². The molecule has 0 amide bonds. The van der Waals surface area contributed by atoms with Crippen molar-refractivity contribution >= 4 is 0 Å². The molecule has 1 saturated carbocycles. The van der Waals surface area contributed by atoms with E-state index in [9.17, 15) is 5.11 Å². The number of aliphatic hydroxyl groups is 1. The highest BCUT2D eigenvalue weighted by molar-refractivity contribution is 5.38. The van der Waals surface area contributed by atoms with E-state index in [2.05, 4.69) is 32.1 Å². The zero-order chi connectivity index (χ0) is 22.3. The van der Waals surface area contributed by atoms with E-state index in [4.69, 9.17) is 9.47 Å². The molecule has 2 heterocycles. The fraction of sp³-hybridized carbons (Fsp3) is 0.640. The van der Waals surface area contributed by atoms with Crippen molar-refractivity contribution in [1.29, 1.82) is 0 Å². The quantitative estimate of drug-likeness (QED) is 0.619. The van der Waals surface area contributed by atoms with Gasteiger partial charge < -0.3 is 14.6 Å². The summed E-state index contributed by atoms with van der Waals surface area (Å²) < 4.78 is 10.9. The molecule has 1 atom stereocenters. The van der Waals surface area contributed by atoms with Gasteiger partial charge in [-0.1, -0.05) is 19.3 Å². The van der Waals surface area contributed by atoms with Gasteiger partial charge in [-0.25, -0.2) is 0 Å². The summed E-state index contributed by atoms with van der Waals surface area (Å²) in [4.78, 5) is 5.01. The molecule has 7 nitrogen and oxygen atoms in total. The van der Waals surface area contributed by atoms with Crippen molar-refractivity contribution in [2.45, 2.75) is 63.6 Å². The van der Waals surface area contributed by atoms with Crippen LogP contribution in [-0.4, -0.2) is 71.6 Å². The number of ether oxygens (including phenoxy) is 2. The summed E-state index contributed by atoms with van der Waals surface area (Å²) in [5, 5.41) is 17.4. The summed E-state index contributed by atoms with van der Waals surface area (Å²) in [7, 11) is 3.37. The largest absolute Gasteiger partial charge is 0.497 e. The first kappa shape index (κ1) is 23.1. The first-order valence-electron chi connectivity index (χ1n) is 12.0. The van der Waals surface area contributed by atoms with Crippen molar-refractivity contribution in [3.05, 3.63) is 41.2 Å². The third kappa shape index (κ3) is 5.63. The molecule has 1 aliphatic carbocycles. The average molecular weight is 443 g/mol. The fourth-order valence-corrected chi connectivity index (χ4v) is 5.36. The molecule has 1 saturated heterocycles. The fourth-order valence-electron chi connectivity index (χ4n) is 5.36. The molecule has 0 spiro atoms. The molecule has 2 aliphatic rings. The van der Waals surface area contributed by atoms with Gasteiger partial charge in [0.2, 0.25) is 0 Å². The molecule has 1 aliphatic heterocycles. The van der Waals surface area contributed by atoms with Crippen LogP contribution in [0.5, 0.6) is 11.5 Å². The van der Waals surface area contributed by atoms with Crippen molar-refractivity contribution in [3.63, 3.8) is 0 Å². The molecule has 32 heavy (non-hydrogen) atoms. The number of hydrogen-bond acceptors (Lipinski definition) is 6. The predicted octanol–water partition coefficient (Wildman–Crippen LogP) is 3.54. The van der Waals surface area contributed by atoms with E-state index in [0.29, 0.717) is 12.0 Å². The average Bonchev–Trinajstić information content (AvgIpc) is 3.29. The first-order valence-corrected chi connectivity index (χ1v) is 12.0. The zero-order valence-corrected chi connectivity index (χ0v) is 19.6. The summed E-state index contributed by atoms with van der Waals surface area (Å²) in [6.07, 6.45) is 9.38. The summed E-state index contributed by atoms with van der Waals surface area (Å²) in [5.41, 5.74) is 3.88. The van der Waals surface area contributed by atoms with Crippen LogP contribution in [0, 0.1) is 0 Å². The molecule has 2 N–H and O–H groups in total.